The van der Waals surface area contributed by atoms with Gasteiger partial charge in [-0.3, -0.25) is 4.99 Å². The van der Waals surface area contributed by atoms with Gasteiger partial charge in [-0.25, -0.2) is 0 Å². The number of hydrogen-bond donors (Lipinski definition) is 0. The Labute approximate surface area is 112 Å². The Hall–Kier alpha value is -1.74. The molecule has 18 heavy (non-hydrogen) atoms. The minimum atomic E-state index is 0.647. The molecule has 0 saturated carbocycles. The molecule has 94 valence electrons. The summed E-state index contributed by atoms with van der Waals surface area (Å²) in [7, 11) is 1.62. The summed E-state index contributed by atoms with van der Waals surface area (Å²) < 4.78 is 7.36. The van der Waals surface area contributed by atoms with E-state index in [0.717, 1.165) is 17.9 Å². The second kappa shape index (κ2) is 5.74. The number of aliphatic imine (C=N–C) groups is 1. The third kappa shape index (κ3) is 2.74. The predicted octanol–water partition coefficient (Wildman–Crippen LogP) is 3.92. The maximum Gasteiger partial charge on any atom is 0.144 e. The van der Waals surface area contributed by atoms with Gasteiger partial charge in [-0.05, 0) is 37.3 Å². The third-order valence-electron chi connectivity index (χ3n) is 2.68. The van der Waals surface area contributed by atoms with Crippen molar-refractivity contribution < 1.29 is 4.74 Å². The average molecular weight is 263 g/mol. The molecular weight excluding hydrogens is 248 g/mol. The Morgan fingerprint density at radius 3 is 2.94 bits per heavy atom. The van der Waals surface area contributed by atoms with E-state index in [1.165, 1.54) is 0 Å². The summed E-state index contributed by atoms with van der Waals surface area (Å²) >= 11 is 5.96. The van der Waals surface area contributed by atoms with Crippen molar-refractivity contribution in [2.24, 2.45) is 4.99 Å². The molecule has 1 heterocycles. The average Bonchev–Trinajstić information content (AvgIpc) is 2.84. The van der Waals surface area contributed by atoms with Gasteiger partial charge in [-0.15, -0.1) is 0 Å². The van der Waals surface area contributed by atoms with Crippen LogP contribution in [0.15, 0.2) is 41.5 Å². The lowest BCUT2D eigenvalue weighted by atomic mass is 10.3. The van der Waals surface area contributed by atoms with Crippen LogP contribution in [0.25, 0.3) is 0 Å². The Bertz CT molecular complexity index is 561. The van der Waals surface area contributed by atoms with Crippen molar-refractivity contribution in [2.75, 3.05) is 7.11 Å². The second-order valence-corrected chi connectivity index (χ2v) is 4.23. The van der Waals surface area contributed by atoms with Gasteiger partial charge in [0.2, 0.25) is 0 Å². The molecule has 0 radical (unpaired) electrons. The van der Waals surface area contributed by atoms with Crippen LogP contribution in [0.1, 0.15) is 12.6 Å². The molecule has 3 nitrogen and oxygen atoms in total. The number of benzene rings is 1. The smallest absolute Gasteiger partial charge is 0.144 e. The van der Waals surface area contributed by atoms with Crippen molar-refractivity contribution >= 4 is 23.5 Å². The third-order valence-corrected chi connectivity index (χ3v) is 2.92. The first-order valence-electron chi connectivity index (χ1n) is 5.77. The number of aryl methyl sites for hydroxylation is 1. The van der Waals surface area contributed by atoms with Crippen molar-refractivity contribution in [3.63, 3.8) is 0 Å². The number of ether oxygens (including phenoxy) is 1. The van der Waals surface area contributed by atoms with Gasteiger partial charge >= 0.3 is 0 Å². The summed E-state index contributed by atoms with van der Waals surface area (Å²) in [5.74, 6) is 0.713. The molecule has 1 aromatic heterocycles. The summed E-state index contributed by atoms with van der Waals surface area (Å²) in [5, 5.41) is 0.647. The largest absolute Gasteiger partial charge is 0.494 e. The molecule has 0 spiro atoms. The van der Waals surface area contributed by atoms with Gasteiger partial charge in [-0.2, -0.15) is 0 Å². The standard InChI is InChI=1S/C14H15ClN2O/c1-3-17-8-4-5-12(17)10-16-13-9-11(15)6-7-14(13)18-2/h4-10H,3H2,1-2H3. The van der Waals surface area contributed by atoms with Gasteiger partial charge in [0.15, 0.2) is 0 Å². The highest BCUT2D eigenvalue weighted by molar-refractivity contribution is 6.30. The first-order chi connectivity index (χ1) is 8.74. The molecule has 0 fully saturated rings. The van der Waals surface area contributed by atoms with Crippen LogP contribution in [-0.4, -0.2) is 17.9 Å². The van der Waals surface area contributed by atoms with Crippen LogP contribution in [0.5, 0.6) is 5.75 Å². The minimum absolute atomic E-state index is 0.647. The first kappa shape index (κ1) is 12.7. The number of nitrogens with zero attached hydrogens (tertiary/aromatic N) is 2. The van der Waals surface area contributed by atoms with E-state index in [0.29, 0.717) is 10.8 Å². The normalized spacial score (nSPS) is 11.1. The van der Waals surface area contributed by atoms with Crippen molar-refractivity contribution in [3.8, 4) is 5.75 Å². The summed E-state index contributed by atoms with van der Waals surface area (Å²) in [5.41, 5.74) is 1.79. The molecule has 0 saturated heterocycles. The van der Waals surface area contributed by atoms with Gasteiger partial charge in [0.1, 0.15) is 11.4 Å². The molecule has 0 amide bonds. The Balaban J connectivity index is 2.31. The van der Waals surface area contributed by atoms with Gasteiger partial charge in [0.05, 0.1) is 19.0 Å². The quantitative estimate of drug-likeness (QED) is 0.767. The molecule has 0 aliphatic carbocycles. The highest BCUT2D eigenvalue weighted by Gasteiger charge is 2.02. The number of rotatable bonds is 4. The molecule has 0 atom stereocenters. The van der Waals surface area contributed by atoms with E-state index in [2.05, 4.69) is 16.5 Å². The van der Waals surface area contributed by atoms with Crippen LogP contribution in [0.4, 0.5) is 5.69 Å². The first-order valence-corrected chi connectivity index (χ1v) is 6.15. The molecule has 1 aromatic carbocycles. The van der Waals surface area contributed by atoms with Crippen LogP contribution in [0, 0.1) is 0 Å². The summed E-state index contributed by atoms with van der Waals surface area (Å²) in [6, 6.07) is 9.40. The molecule has 2 rings (SSSR count). The predicted molar refractivity (Wildman–Crippen MR) is 75.4 cm³/mol. The van der Waals surface area contributed by atoms with Gasteiger partial charge in [-0.1, -0.05) is 11.6 Å². The van der Waals surface area contributed by atoms with E-state index < -0.39 is 0 Å². The van der Waals surface area contributed by atoms with Crippen LogP contribution >= 0.6 is 11.6 Å². The Morgan fingerprint density at radius 1 is 1.39 bits per heavy atom. The van der Waals surface area contributed by atoms with Crippen molar-refractivity contribution in [2.45, 2.75) is 13.5 Å². The lowest BCUT2D eigenvalue weighted by Gasteiger charge is -2.05. The van der Waals surface area contributed by atoms with Crippen LogP contribution < -0.4 is 4.74 Å². The second-order valence-electron chi connectivity index (χ2n) is 3.79. The zero-order chi connectivity index (χ0) is 13.0. The Kier molecular flexibility index (Phi) is 4.05. The SMILES string of the molecule is CCn1cccc1C=Nc1cc(Cl)ccc1OC. The van der Waals surface area contributed by atoms with Crippen molar-refractivity contribution in [1.82, 2.24) is 4.57 Å². The zero-order valence-corrected chi connectivity index (χ0v) is 11.2. The maximum atomic E-state index is 5.96. The number of methoxy groups -OCH3 is 1. The Morgan fingerprint density at radius 2 is 2.22 bits per heavy atom. The van der Waals surface area contributed by atoms with Crippen LogP contribution in [-0.2, 0) is 6.54 Å². The maximum absolute atomic E-state index is 5.96. The van der Waals surface area contributed by atoms with Gasteiger partial charge in [0, 0.05) is 17.8 Å². The molecular formula is C14H15ClN2O. The van der Waals surface area contributed by atoms with Gasteiger partial charge < -0.3 is 9.30 Å². The molecule has 2 aromatic rings. The minimum Gasteiger partial charge on any atom is -0.494 e. The van der Waals surface area contributed by atoms with E-state index in [-0.39, 0.29) is 0 Å². The number of halogens is 1. The molecule has 0 aliphatic heterocycles. The van der Waals surface area contributed by atoms with Crippen LogP contribution in [0.3, 0.4) is 0 Å². The van der Waals surface area contributed by atoms with Crippen molar-refractivity contribution in [1.29, 1.82) is 0 Å². The van der Waals surface area contributed by atoms with E-state index >= 15 is 0 Å². The molecule has 4 heteroatoms. The monoisotopic (exact) mass is 262 g/mol. The zero-order valence-electron chi connectivity index (χ0n) is 10.4. The summed E-state index contributed by atoms with van der Waals surface area (Å²) in [6.45, 7) is 3.01. The molecule has 0 bridgehead atoms. The highest BCUT2D eigenvalue weighted by atomic mass is 35.5. The van der Waals surface area contributed by atoms with Gasteiger partial charge in [0.25, 0.3) is 0 Å². The van der Waals surface area contributed by atoms with E-state index in [1.807, 2.05) is 30.6 Å². The van der Waals surface area contributed by atoms with Crippen LogP contribution in [0.2, 0.25) is 5.02 Å². The molecule has 0 unspecified atom stereocenters. The topological polar surface area (TPSA) is 26.5 Å². The highest BCUT2D eigenvalue weighted by Crippen LogP contribution is 2.30. The lowest BCUT2D eigenvalue weighted by molar-refractivity contribution is 0.416. The summed E-state index contributed by atoms with van der Waals surface area (Å²) in [4.78, 5) is 4.43. The fraction of sp³-hybridized carbons (Fsp3) is 0.214. The number of aromatic nitrogens is 1. The molecule has 0 aliphatic rings. The fourth-order valence-electron chi connectivity index (χ4n) is 1.73. The number of hydrogen-bond acceptors (Lipinski definition) is 2. The van der Waals surface area contributed by atoms with E-state index in [4.69, 9.17) is 16.3 Å². The fourth-order valence-corrected chi connectivity index (χ4v) is 1.90. The van der Waals surface area contributed by atoms with Crippen molar-refractivity contribution in [3.05, 3.63) is 47.2 Å². The summed E-state index contributed by atoms with van der Waals surface area (Å²) in [6.07, 6.45) is 3.84. The lowest BCUT2D eigenvalue weighted by Crippen LogP contribution is -1.97. The molecule has 0 N–H and O–H groups in total. The van der Waals surface area contributed by atoms with E-state index in [9.17, 15) is 0 Å². The van der Waals surface area contributed by atoms with E-state index in [1.54, 1.807) is 19.2 Å².